The number of unbranched alkanes of at least 4 members (excludes halogenated alkanes) is 1. The number of ether oxygens (including phenoxy) is 1. The zero-order valence-electron chi connectivity index (χ0n) is 12.4. The van der Waals surface area contributed by atoms with E-state index >= 15 is 0 Å². The van der Waals surface area contributed by atoms with Gasteiger partial charge in [0.2, 0.25) is 0 Å². The average molecular weight is 287 g/mol. The molecular weight excluding hydrogens is 265 g/mol. The van der Waals surface area contributed by atoms with Crippen molar-refractivity contribution in [3.63, 3.8) is 0 Å². The fourth-order valence-electron chi connectivity index (χ4n) is 2.06. The van der Waals surface area contributed by atoms with E-state index in [2.05, 4.69) is 18.3 Å². The Kier molecular flexibility index (Phi) is 6.22. The molecule has 0 radical (unpaired) electrons. The van der Waals surface area contributed by atoms with Gasteiger partial charge >= 0.3 is 0 Å². The topological polar surface area (TPSA) is 21.3 Å². The van der Waals surface area contributed by atoms with E-state index < -0.39 is 0 Å². The van der Waals surface area contributed by atoms with E-state index in [-0.39, 0.29) is 5.82 Å². The Morgan fingerprint density at radius 1 is 1.05 bits per heavy atom. The maximum absolute atomic E-state index is 12.9. The molecule has 2 rings (SSSR count). The van der Waals surface area contributed by atoms with Crippen LogP contribution < -0.4 is 10.1 Å². The first-order valence-corrected chi connectivity index (χ1v) is 7.45. The third-order valence-corrected chi connectivity index (χ3v) is 3.30. The quantitative estimate of drug-likeness (QED) is 0.731. The van der Waals surface area contributed by atoms with Gasteiger partial charge in [0.05, 0.1) is 0 Å². The van der Waals surface area contributed by atoms with Crippen molar-refractivity contribution < 1.29 is 9.13 Å². The highest BCUT2D eigenvalue weighted by molar-refractivity contribution is 5.33. The minimum absolute atomic E-state index is 0.223. The molecule has 0 amide bonds. The molecule has 0 fully saturated rings. The maximum atomic E-state index is 12.9. The summed E-state index contributed by atoms with van der Waals surface area (Å²) in [7, 11) is 0. The Bertz CT molecular complexity index is 539. The lowest BCUT2D eigenvalue weighted by atomic mass is 10.2. The molecule has 0 bridgehead atoms. The van der Waals surface area contributed by atoms with Crippen LogP contribution in [-0.4, -0.2) is 6.54 Å². The van der Waals surface area contributed by atoms with E-state index in [4.69, 9.17) is 4.74 Å². The molecule has 0 aliphatic heterocycles. The summed E-state index contributed by atoms with van der Waals surface area (Å²) in [5.74, 6) is 0.657. The molecular formula is C18H22FNO. The highest BCUT2D eigenvalue weighted by Gasteiger charge is 2.03. The summed E-state index contributed by atoms with van der Waals surface area (Å²) in [5.41, 5.74) is 2.11. The summed E-state index contributed by atoms with van der Waals surface area (Å²) in [5, 5.41) is 3.42. The van der Waals surface area contributed by atoms with E-state index in [0.717, 1.165) is 30.0 Å². The molecule has 0 aromatic heterocycles. The van der Waals surface area contributed by atoms with Crippen LogP contribution in [0.5, 0.6) is 5.75 Å². The van der Waals surface area contributed by atoms with Gasteiger partial charge in [-0.2, -0.15) is 0 Å². The first-order chi connectivity index (χ1) is 10.3. The summed E-state index contributed by atoms with van der Waals surface area (Å²) in [4.78, 5) is 0. The molecule has 2 aromatic rings. The van der Waals surface area contributed by atoms with Gasteiger partial charge in [0.15, 0.2) is 0 Å². The van der Waals surface area contributed by atoms with Gasteiger partial charge in [0.1, 0.15) is 18.2 Å². The summed E-state index contributed by atoms with van der Waals surface area (Å²) >= 11 is 0. The number of benzene rings is 2. The highest BCUT2D eigenvalue weighted by Crippen LogP contribution is 2.19. The minimum atomic E-state index is -0.223. The number of halogens is 1. The SMILES string of the molecule is CCCCNCc1ccccc1OCc1ccc(F)cc1. The maximum Gasteiger partial charge on any atom is 0.124 e. The molecule has 2 aromatic carbocycles. The first-order valence-electron chi connectivity index (χ1n) is 7.45. The predicted molar refractivity (Wildman–Crippen MR) is 83.8 cm³/mol. The smallest absolute Gasteiger partial charge is 0.124 e. The molecule has 21 heavy (non-hydrogen) atoms. The summed E-state index contributed by atoms with van der Waals surface area (Å²) in [6.45, 7) is 4.45. The molecule has 0 atom stereocenters. The number of hydrogen-bond donors (Lipinski definition) is 1. The second-order valence-corrected chi connectivity index (χ2v) is 5.05. The van der Waals surface area contributed by atoms with Crippen LogP contribution in [0.25, 0.3) is 0 Å². The lowest BCUT2D eigenvalue weighted by molar-refractivity contribution is 0.302. The van der Waals surface area contributed by atoms with E-state index in [1.54, 1.807) is 12.1 Å². The van der Waals surface area contributed by atoms with Crippen LogP contribution in [0.2, 0.25) is 0 Å². The van der Waals surface area contributed by atoms with Gasteiger partial charge in [-0.15, -0.1) is 0 Å². The fourth-order valence-corrected chi connectivity index (χ4v) is 2.06. The molecule has 0 heterocycles. The highest BCUT2D eigenvalue weighted by atomic mass is 19.1. The normalized spacial score (nSPS) is 10.6. The van der Waals surface area contributed by atoms with Crippen LogP contribution in [0, 0.1) is 5.82 Å². The Morgan fingerprint density at radius 2 is 1.81 bits per heavy atom. The third kappa shape index (κ3) is 5.20. The molecule has 0 saturated carbocycles. The van der Waals surface area contributed by atoms with E-state index in [1.165, 1.54) is 25.0 Å². The van der Waals surface area contributed by atoms with Gasteiger partial charge in [-0.3, -0.25) is 0 Å². The second-order valence-electron chi connectivity index (χ2n) is 5.05. The predicted octanol–water partition coefficient (Wildman–Crippen LogP) is 4.29. The lowest BCUT2D eigenvalue weighted by Gasteiger charge is -2.12. The molecule has 0 unspecified atom stereocenters. The number of nitrogens with one attached hydrogen (secondary N) is 1. The van der Waals surface area contributed by atoms with Crippen molar-refractivity contribution in [2.45, 2.75) is 32.9 Å². The van der Waals surface area contributed by atoms with E-state index in [1.807, 2.05) is 18.2 Å². The van der Waals surface area contributed by atoms with Gasteiger partial charge in [0.25, 0.3) is 0 Å². The summed E-state index contributed by atoms with van der Waals surface area (Å²) in [6.07, 6.45) is 2.37. The first kappa shape index (κ1) is 15.5. The Morgan fingerprint density at radius 3 is 2.57 bits per heavy atom. The van der Waals surface area contributed by atoms with Gasteiger partial charge < -0.3 is 10.1 Å². The summed E-state index contributed by atoms with van der Waals surface area (Å²) < 4.78 is 18.7. The zero-order valence-corrected chi connectivity index (χ0v) is 12.4. The van der Waals surface area contributed by atoms with Crippen LogP contribution in [0.15, 0.2) is 48.5 Å². The Labute approximate surface area is 126 Å². The second kappa shape index (κ2) is 8.42. The number of rotatable bonds is 8. The Balaban J connectivity index is 1.91. The zero-order chi connectivity index (χ0) is 14.9. The number of para-hydroxylation sites is 1. The average Bonchev–Trinajstić information content (AvgIpc) is 2.52. The van der Waals surface area contributed by atoms with E-state index in [9.17, 15) is 4.39 Å². The molecule has 1 N–H and O–H groups in total. The van der Waals surface area contributed by atoms with Crippen molar-refractivity contribution >= 4 is 0 Å². The fraction of sp³-hybridized carbons (Fsp3) is 0.333. The monoisotopic (exact) mass is 287 g/mol. The van der Waals surface area contributed by atoms with Crippen LogP contribution >= 0.6 is 0 Å². The summed E-state index contributed by atoms with van der Waals surface area (Å²) in [6, 6.07) is 14.4. The van der Waals surface area contributed by atoms with Crippen LogP contribution in [0.1, 0.15) is 30.9 Å². The van der Waals surface area contributed by atoms with Crippen molar-refractivity contribution in [2.24, 2.45) is 0 Å². The Hall–Kier alpha value is -1.87. The third-order valence-electron chi connectivity index (χ3n) is 3.30. The molecule has 3 heteroatoms. The molecule has 0 spiro atoms. The molecule has 2 nitrogen and oxygen atoms in total. The van der Waals surface area contributed by atoms with Gasteiger partial charge in [-0.1, -0.05) is 43.7 Å². The van der Waals surface area contributed by atoms with Crippen LogP contribution in [-0.2, 0) is 13.2 Å². The molecule has 0 saturated heterocycles. The van der Waals surface area contributed by atoms with Crippen LogP contribution in [0.4, 0.5) is 4.39 Å². The molecule has 0 aliphatic rings. The molecule has 112 valence electrons. The van der Waals surface area contributed by atoms with Crippen LogP contribution in [0.3, 0.4) is 0 Å². The largest absolute Gasteiger partial charge is 0.489 e. The van der Waals surface area contributed by atoms with E-state index in [0.29, 0.717) is 6.61 Å². The van der Waals surface area contributed by atoms with Crippen molar-refractivity contribution in [1.82, 2.24) is 5.32 Å². The number of hydrogen-bond acceptors (Lipinski definition) is 2. The van der Waals surface area contributed by atoms with Crippen molar-refractivity contribution in [2.75, 3.05) is 6.54 Å². The van der Waals surface area contributed by atoms with Crippen molar-refractivity contribution in [3.8, 4) is 5.75 Å². The van der Waals surface area contributed by atoms with Gasteiger partial charge in [-0.25, -0.2) is 4.39 Å². The van der Waals surface area contributed by atoms with Crippen molar-refractivity contribution in [3.05, 3.63) is 65.5 Å². The lowest BCUT2D eigenvalue weighted by Crippen LogP contribution is -2.15. The standard InChI is InChI=1S/C18H22FNO/c1-2-3-12-20-13-16-6-4-5-7-18(16)21-14-15-8-10-17(19)11-9-15/h4-11,20H,2-3,12-14H2,1H3. The van der Waals surface area contributed by atoms with Gasteiger partial charge in [0, 0.05) is 12.1 Å². The van der Waals surface area contributed by atoms with Crippen molar-refractivity contribution in [1.29, 1.82) is 0 Å². The molecule has 0 aliphatic carbocycles. The van der Waals surface area contributed by atoms with Gasteiger partial charge in [-0.05, 0) is 36.7 Å². The minimum Gasteiger partial charge on any atom is -0.489 e.